The molecule has 1 heterocycles. The minimum absolute atomic E-state index is 0.279. The molecule has 0 unspecified atom stereocenters. The standard InChI is InChI=1S/C10H16N2/c1-10(2,3)9-4-6-12(8-11)7-5-9/h4H,5-7H2,1-3H3. The van der Waals surface area contributed by atoms with Crippen LogP contribution in [0.25, 0.3) is 0 Å². The lowest BCUT2D eigenvalue weighted by Gasteiger charge is -2.29. The van der Waals surface area contributed by atoms with Gasteiger partial charge in [0, 0.05) is 13.1 Å². The second kappa shape index (κ2) is 3.18. The molecule has 0 radical (unpaired) electrons. The molecule has 0 fully saturated rings. The fourth-order valence-electron chi connectivity index (χ4n) is 1.44. The predicted molar refractivity (Wildman–Crippen MR) is 49.3 cm³/mol. The fourth-order valence-corrected chi connectivity index (χ4v) is 1.44. The van der Waals surface area contributed by atoms with E-state index in [1.807, 2.05) is 0 Å². The SMILES string of the molecule is CC(C)(C)C1=CCN(C#N)CC1. The first-order valence-electron chi connectivity index (χ1n) is 4.38. The molecule has 1 aliphatic rings. The summed E-state index contributed by atoms with van der Waals surface area (Å²) in [5.41, 5.74) is 1.76. The van der Waals surface area contributed by atoms with Gasteiger partial charge in [-0.15, -0.1) is 0 Å². The zero-order valence-corrected chi connectivity index (χ0v) is 8.09. The van der Waals surface area contributed by atoms with Crippen LogP contribution in [-0.2, 0) is 0 Å². The van der Waals surface area contributed by atoms with Crippen molar-refractivity contribution in [3.05, 3.63) is 11.6 Å². The van der Waals surface area contributed by atoms with Gasteiger partial charge in [-0.3, -0.25) is 0 Å². The summed E-state index contributed by atoms with van der Waals surface area (Å²) >= 11 is 0. The van der Waals surface area contributed by atoms with E-state index < -0.39 is 0 Å². The number of nitriles is 1. The molecule has 0 aliphatic carbocycles. The maximum atomic E-state index is 8.63. The molecule has 2 heteroatoms. The molecular formula is C10H16N2. The average Bonchev–Trinajstić information content (AvgIpc) is 2.03. The molecule has 0 aromatic rings. The van der Waals surface area contributed by atoms with Gasteiger partial charge in [0.05, 0.1) is 0 Å². The Bertz CT molecular complexity index is 227. The van der Waals surface area contributed by atoms with Crippen molar-refractivity contribution in [3.63, 3.8) is 0 Å². The van der Waals surface area contributed by atoms with Crippen LogP contribution in [0.2, 0.25) is 0 Å². The number of hydrogen-bond acceptors (Lipinski definition) is 2. The zero-order chi connectivity index (χ0) is 9.19. The Balaban J connectivity index is 2.64. The Kier molecular flexibility index (Phi) is 2.42. The smallest absolute Gasteiger partial charge is 0.179 e. The van der Waals surface area contributed by atoms with Crippen LogP contribution in [0.1, 0.15) is 27.2 Å². The minimum Gasteiger partial charge on any atom is -0.307 e. The molecule has 0 saturated heterocycles. The fraction of sp³-hybridized carbons (Fsp3) is 0.700. The first kappa shape index (κ1) is 9.12. The number of hydrogen-bond donors (Lipinski definition) is 0. The van der Waals surface area contributed by atoms with E-state index in [1.54, 1.807) is 4.90 Å². The minimum atomic E-state index is 0.279. The van der Waals surface area contributed by atoms with Gasteiger partial charge in [-0.1, -0.05) is 32.4 Å². The van der Waals surface area contributed by atoms with Gasteiger partial charge >= 0.3 is 0 Å². The van der Waals surface area contributed by atoms with Gasteiger partial charge in [-0.05, 0) is 11.8 Å². The zero-order valence-electron chi connectivity index (χ0n) is 8.09. The van der Waals surface area contributed by atoms with Crippen molar-refractivity contribution >= 4 is 0 Å². The summed E-state index contributed by atoms with van der Waals surface area (Å²) in [5, 5.41) is 8.63. The number of rotatable bonds is 0. The van der Waals surface area contributed by atoms with Crippen molar-refractivity contribution in [3.8, 4) is 6.19 Å². The third kappa shape index (κ3) is 2.01. The summed E-state index contributed by atoms with van der Waals surface area (Å²) in [7, 11) is 0. The van der Waals surface area contributed by atoms with Crippen LogP contribution in [0.4, 0.5) is 0 Å². The molecule has 1 aliphatic heterocycles. The largest absolute Gasteiger partial charge is 0.307 e. The predicted octanol–water partition coefficient (Wildman–Crippen LogP) is 2.15. The molecular weight excluding hydrogens is 148 g/mol. The molecule has 0 N–H and O–H groups in total. The van der Waals surface area contributed by atoms with Crippen LogP contribution in [0.15, 0.2) is 11.6 Å². The lowest BCUT2D eigenvalue weighted by atomic mass is 9.83. The van der Waals surface area contributed by atoms with Crippen molar-refractivity contribution in [1.29, 1.82) is 5.26 Å². The Morgan fingerprint density at radius 1 is 1.50 bits per heavy atom. The highest BCUT2D eigenvalue weighted by atomic mass is 15.1. The van der Waals surface area contributed by atoms with Crippen molar-refractivity contribution in [2.45, 2.75) is 27.2 Å². The molecule has 12 heavy (non-hydrogen) atoms. The van der Waals surface area contributed by atoms with E-state index in [0.717, 1.165) is 19.5 Å². The van der Waals surface area contributed by atoms with E-state index >= 15 is 0 Å². The van der Waals surface area contributed by atoms with E-state index in [9.17, 15) is 0 Å². The van der Waals surface area contributed by atoms with Crippen LogP contribution in [0.5, 0.6) is 0 Å². The Morgan fingerprint density at radius 3 is 2.50 bits per heavy atom. The Morgan fingerprint density at radius 2 is 2.17 bits per heavy atom. The van der Waals surface area contributed by atoms with Gasteiger partial charge in [-0.2, -0.15) is 5.26 Å². The van der Waals surface area contributed by atoms with Gasteiger partial charge in [-0.25, -0.2) is 0 Å². The summed E-state index contributed by atoms with van der Waals surface area (Å²) in [6, 6.07) is 0. The van der Waals surface area contributed by atoms with Gasteiger partial charge in [0.1, 0.15) is 0 Å². The summed E-state index contributed by atoms with van der Waals surface area (Å²) in [6.45, 7) is 8.35. The molecule has 0 aromatic heterocycles. The molecule has 0 atom stereocenters. The van der Waals surface area contributed by atoms with Crippen LogP contribution >= 0.6 is 0 Å². The Hall–Kier alpha value is -0.970. The third-order valence-corrected chi connectivity index (χ3v) is 2.31. The second-order valence-electron chi connectivity index (χ2n) is 4.28. The quantitative estimate of drug-likeness (QED) is 0.405. The first-order valence-corrected chi connectivity index (χ1v) is 4.38. The van der Waals surface area contributed by atoms with E-state index in [4.69, 9.17) is 5.26 Å². The third-order valence-electron chi connectivity index (χ3n) is 2.31. The van der Waals surface area contributed by atoms with E-state index in [-0.39, 0.29) is 5.41 Å². The molecule has 66 valence electrons. The molecule has 0 saturated carbocycles. The van der Waals surface area contributed by atoms with Crippen LogP contribution in [-0.4, -0.2) is 18.0 Å². The summed E-state index contributed by atoms with van der Waals surface area (Å²) < 4.78 is 0. The molecule has 0 bridgehead atoms. The first-order chi connectivity index (χ1) is 5.54. The highest BCUT2D eigenvalue weighted by Crippen LogP contribution is 2.29. The molecule has 1 rings (SSSR count). The van der Waals surface area contributed by atoms with Crippen molar-refractivity contribution in [2.24, 2.45) is 5.41 Å². The normalized spacial score (nSPS) is 18.5. The van der Waals surface area contributed by atoms with Crippen LogP contribution < -0.4 is 0 Å². The molecule has 0 spiro atoms. The van der Waals surface area contributed by atoms with Crippen LogP contribution in [0.3, 0.4) is 0 Å². The van der Waals surface area contributed by atoms with E-state index in [2.05, 4.69) is 33.0 Å². The van der Waals surface area contributed by atoms with Crippen molar-refractivity contribution in [1.82, 2.24) is 4.90 Å². The van der Waals surface area contributed by atoms with E-state index in [1.165, 1.54) is 5.57 Å². The van der Waals surface area contributed by atoms with Gasteiger partial charge in [0.2, 0.25) is 0 Å². The maximum absolute atomic E-state index is 8.63. The van der Waals surface area contributed by atoms with E-state index in [0.29, 0.717) is 0 Å². The van der Waals surface area contributed by atoms with Crippen molar-refractivity contribution < 1.29 is 0 Å². The van der Waals surface area contributed by atoms with Gasteiger partial charge in [0.15, 0.2) is 6.19 Å². The number of nitrogens with zero attached hydrogens (tertiary/aromatic N) is 2. The summed E-state index contributed by atoms with van der Waals surface area (Å²) in [4.78, 5) is 1.79. The highest BCUT2D eigenvalue weighted by molar-refractivity contribution is 5.15. The lowest BCUT2D eigenvalue weighted by Crippen LogP contribution is -2.27. The molecule has 0 amide bonds. The lowest BCUT2D eigenvalue weighted by molar-refractivity contribution is 0.374. The van der Waals surface area contributed by atoms with Gasteiger partial charge < -0.3 is 4.90 Å². The molecule has 0 aromatic carbocycles. The monoisotopic (exact) mass is 164 g/mol. The average molecular weight is 164 g/mol. The summed E-state index contributed by atoms with van der Waals surface area (Å²) in [5.74, 6) is 0. The molecule has 2 nitrogen and oxygen atoms in total. The van der Waals surface area contributed by atoms with Gasteiger partial charge in [0.25, 0.3) is 0 Å². The van der Waals surface area contributed by atoms with Crippen LogP contribution in [0, 0.1) is 16.9 Å². The highest BCUT2D eigenvalue weighted by Gasteiger charge is 2.20. The second-order valence-corrected chi connectivity index (χ2v) is 4.28. The Labute approximate surface area is 74.5 Å². The van der Waals surface area contributed by atoms with Crippen molar-refractivity contribution in [2.75, 3.05) is 13.1 Å². The summed E-state index contributed by atoms with van der Waals surface area (Å²) in [6.07, 6.45) is 5.39. The maximum Gasteiger partial charge on any atom is 0.179 e. The topological polar surface area (TPSA) is 27.0 Å².